The topological polar surface area (TPSA) is 120 Å². The maximum absolute atomic E-state index is 12.2. The molecule has 1 heterocycles. The number of amides is 1. The summed E-state index contributed by atoms with van der Waals surface area (Å²) in [5.41, 5.74) is 3.12. The summed E-state index contributed by atoms with van der Waals surface area (Å²) in [4.78, 5) is 25.9. The van der Waals surface area contributed by atoms with E-state index in [9.17, 15) is 18.0 Å². The van der Waals surface area contributed by atoms with Gasteiger partial charge in [-0.15, -0.1) is 4.83 Å². The number of aromatic nitrogens is 1. The van der Waals surface area contributed by atoms with E-state index in [1.807, 2.05) is 11.8 Å². The zero-order valence-corrected chi connectivity index (χ0v) is 15.9. The Morgan fingerprint density at radius 2 is 1.86 bits per heavy atom. The Hall–Kier alpha value is -3.11. The van der Waals surface area contributed by atoms with Crippen LogP contribution in [0.5, 0.6) is 5.75 Å². The van der Waals surface area contributed by atoms with E-state index < -0.39 is 21.7 Å². The molecule has 1 aromatic heterocycles. The Balaban J connectivity index is 1.59. The number of carbonyl (C=O) groups excluding carboxylic acids is 1. The molecule has 0 radical (unpaired) electrons. The van der Waals surface area contributed by atoms with Crippen molar-refractivity contribution in [2.75, 3.05) is 6.61 Å². The number of rotatable bonds is 8. The van der Waals surface area contributed by atoms with Gasteiger partial charge in [-0.25, -0.2) is 13.2 Å². The van der Waals surface area contributed by atoms with Crippen LogP contribution in [-0.2, 0) is 21.4 Å². The molecule has 10 heteroatoms. The third-order valence-corrected chi connectivity index (χ3v) is 5.17. The van der Waals surface area contributed by atoms with Crippen LogP contribution in [0.1, 0.15) is 13.3 Å². The molecule has 3 aromatic rings. The molecule has 9 nitrogen and oxygen atoms in total. The highest BCUT2D eigenvalue weighted by molar-refractivity contribution is 7.89. The van der Waals surface area contributed by atoms with Crippen molar-refractivity contribution in [3.05, 3.63) is 59.1 Å². The van der Waals surface area contributed by atoms with Gasteiger partial charge in [0.25, 0.3) is 10.0 Å². The number of carbonyl (C=O) groups is 1. The van der Waals surface area contributed by atoms with Gasteiger partial charge in [0.1, 0.15) is 5.75 Å². The molecule has 0 atom stereocenters. The number of hydrazine groups is 1. The lowest BCUT2D eigenvalue weighted by atomic mass is 10.3. The van der Waals surface area contributed by atoms with Gasteiger partial charge in [0.05, 0.1) is 17.0 Å². The second-order valence-electron chi connectivity index (χ2n) is 5.80. The molecule has 28 heavy (non-hydrogen) atoms. The number of ether oxygens (including phenoxy) is 1. The number of fused-ring (bicyclic) bond motifs is 1. The molecule has 0 aliphatic carbocycles. The van der Waals surface area contributed by atoms with E-state index in [0.29, 0.717) is 23.5 Å². The molecule has 0 fully saturated rings. The molecule has 1 amide bonds. The Kier molecular flexibility index (Phi) is 5.81. The van der Waals surface area contributed by atoms with Crippen molar-refractivity contribution < 1.29 is 22.4 Å². The zero-order chi connectivity index (χ0) is 20.1. The number of nitrogens with zero attached hydrogens (tertiary/aromatic N) is 1. The summed E-state index contributed by atoms with van der Waals surface area (Å²) in [7, 11) is -3.93. The van der Waals surface area contributed by atoms with Crippen LogP contribution in [0.3, 0.4) is 0 Å². The molecule has 3 rings (SSSR count). The van der Waals surface area contributed by atoms with Gasteiger partial charge in [0, 0.05) is 13.0 Å². The first-order valence-electron chi connectivity index (χ1n) is 8.52. The molecular weight excluding hydrogens is 386 g/mol. The van der Waals surface area contributed by atoms with Crippen LogP contribution in [0, 0.1) is 0 Å². The molecule has 0 aliphatic rings. The van der Waals surface area contributed by atoms with Crippen LogP contribution in [0.15, 0.2) is 62.6 Å². The summed E-state index contributed by atoms with van der Waals surface area (Å²) in [5.74, 6) is -0.626. The molecular formula is C18H19N3O6S. The van der Waals surface area contributed by atoms with E-state index >= 15 is 0 Å². The quantitative estimate of drug-likeness (QED) is 0.547. The SMILES string of the molecule is CCOc1ccc(S(=O)(=O)NNC(=O)CCn2c(=O)oc3ccccc32)cc1. The molecule has 0 unspecified atom stereocenters. The number of benzene rings is 2. The summed E-state index contributed by atoms with van der Waals surface area (Å²) in [6.07, 6.45) is -0.116. The van der Waals surface area contributed by atoms with E-state index in [-0.39, 0.29) is 17.9 Å². The lowest BCUT2D eigenvalue weighted by molar-refractivity contribution is -0.121. The van der Waals surface area contributed by atoms with Crippen LogP contribution in [0.25, 0.3) is 11.1 Å². The monoisotopic (exact) mass is 405 g/mol. The smallest absolute Gasteiger partial charge is 0.419 e. The summed E-state index contributed by atoms with van der Waals surface area (Å²) in [5, 5.41) is 0. The van der Waals surface area contributed by atoms with Crippen LogP contribution in [-0.4, -0.2) is 25.5 Å². The first-order chi connectivity index (χ1) is 13.4. The molecule has 0 aliphatic heterocycles. The van der Waals surface area contributed by atoms with Crippen molar-refractivity contribution in [2.24, 2.45) is 0 Å². The third kappa shape index (κ3) is 4.41. The number of hydrogen-bond acceptors (Lipinski definition) is 6. The van der Waals surface area contributed by atoms with Crippen molar-refractivity contribution in [3.8, 4) is 5.75 Å². The highest BCUT2D eigenvalue weighted by Gasteiger charge is 2.16. The Bertz CT molecular complexity index is 1130. The van der Waals surface area contributed by atoms with Crippen molar-refractivity contribution >= 4 is 27.0 Å². The Labute approximate surface area is 160 Å². The lowest BCUT2D eigenvalue weighted by Gasteiger charge is -2.09. The summed E-state index contributed by atoms with van der Waals surface area (Å²) in [6.45, 7) is 2.34. The second-order valence-corrected chi connectivity index (χ2v) is 7.48. The predicted octanol–water partition coefficient (Wildman–Crippen LogP) is 1.39. The molecule has 0 saturated heterocycles. The fourth-order valence-electron chi connectivity index (χ4n) is 2.57. The molecule has 2 aromatic carbocycles. The standard InChI is InChI=1S/C18H19N3O6S/c1-2-26-13-7-9-14(10-8-13)28(24,25)20-19-17(22)11-12-21-15-5-3-4-6-16(15)27-18(21)23/h3-10,20H,2,11-12H2,1H3,(H,19,22). The fourth-order valence-corrected chi connectivity index (χ4v) is 3.43. The Morgan fingerprint density at radius 1 is 1.14 bits per heavy atom. The van der Waals surface area contributed by atoms with Crippen molar-refractivity contribution in [1.82, 2.24) is 14.8 Å². The number of hydrogen-bond donors (Lipinski definition) is 2. The third-order valence-electron chi connectivity index (χ3n) is 3.91. The van der Waals surface area contributed by atoms with Gasteiger partial charge in [0.15, 0.2) is 5.58 Å². The van der Waals surface area contributed by atoms with Gasteiger partial charge in [-0.05, 0) is 43.3 Å². The molecule has 0 saturated carbocycles. The number of sulfonamides is 1. The van der Waals surface area contributed by atoms with Crippen molar-refractivity contribution in [2.45, 2.75) is 24.8 Å². The predicted molar refractivity (Wildman–Crippen MR) is 101 cm³/mol. The highest BCUT2D eigenvalue weighted by Crippen LogP contribution is 2.15. The van der Waals surface area contributed by atoms with Gasteiger partial charge in [-0.2, -0.15) is 0 Å². The molecule has 0 bridgehead atoms. The van der Waals surface area contributed by atoms with Gasteiger partial charge < -0.3 is 9.15 Å². The number of oxazole rings is 1. The largest absolute Gasteiger partial charge is 0.494 e. The van der Waals surface area contributed by atoms with Crippen LogP contribution < -0.4 is 20.7 Å². The number of nitrogens with one attached hydrogen (secondary N) is 2. The second kappa shape index (κ2) is 8.28. The summed E-state index contributed by atoms with van der Waals surface area (Å²) in [6, 6.07) is 12.6. The molecule has 2 N–H and O–H groups in total. The zero-order valence-electron chi connectivity index (χ0n) is 15.0. The first kappa shape index (κ1) is 19.6. The van der Waals surface area contributed by atoms with E-state index in [1.165, 1.54) is 28.8 Å². The highest BCUT2D eigenvalue weighted by atomic mass is 32.2. The van der Waals surface area contributed by atoms with Gasteiger partial charge in [-0.3, -0.25) is 14.8 Å². The average Bonchev–Trinajstić information content (AvgIpc) is 3.00. The average molecular weight is 405 g/mol. The van der Waals surface area contributed by atoms with Gasteiger partial charge in [-0.1, -0.05) is 12.1 Å². The van der Waals surface area contributed by atoms with Crippen LogP contribution in [0.4, 0.5) is 0 Å². The van der Waals surface area contributed by atoms with Crippen LogP contribution >= 0.6 is 0 Å². The minimum atomic E-state index is -3.93. The maximum Gasteiger partial charge on any atom is 0.419 e. The number of para-hydroxylation sites is 2. The van der Waals surface area contributed by atoms with Crippen LogP contribution in [0.2, 0.25) is 0 Å². The summed E-state index contributed by atoms with van der Waals surface area (Å²) >= 11 is 0. The van der Waals surface area contributed by atoms with E-state index in [0.717, 1.165) is 0 Å². The Morgan fingerprint density at radius 3 is 2.57 bits per heavy atom. The molecule has 148 valence electrons. The minimum Gasteiger partial charge on any atom is -0.494 e. The van der Waals surface area contributed by atoms with Crippen molar-refractivity contribution in [1.29, 1.82) is 0 Å². The van der Waals surface area contributed by atoms with E-state index in [4.69, 9.17) is 9.15 Å². The number of aryl methyl sites for hydroxylation is 1. The minimum absolute atomic E-state index is 0.0201. The van der Waals surface area contributed by atoms with Crippen molar-refractivity contribution in [3.63, 3.8) is 0 Å². The van der Waals surface area contributed by atoms with E-state index in [1.54, 1.807) is 24.3 Å². The van der Waals surface area contributed by atoms with Gasteiger partial charge in [0.2, 0.25) is 5.91 Å². The fraction of sp³-hybridized carbons (Fsp3) is 0.222. The summed E-state index contributed by atoms with van der Waals surface area (Å²) < 4.78 is 36.1. The van der Waals surface area contributed by atoms with Gasteiger partial charge >= 0.3 is 5.76 Å². The lowest BCUT2D eigenvalue weighted by Crippen LogP contribution is -2.42. The van der Waals surface area contributed by atoms with E-state index in [2.05, 4.69) is 5.43 Å². The molecule has 0 spiro atoms. The first-order valence-corrected chi connectivity index (χ1v) is 10.0. The normalized spacial score (nSPS) is 11.5. The maximum atomic E-state index is 12.2.